The first-order valence-electron chi connectivity index (χ1n) is 2.47. The van der Waals surface area contributed by atoms with E-state index in [0.29, 0.717) is 0 Å². The lowest BCUT2D eigenvalue weighted by Crippen LogP contribution is -3.00. The number of quaternary nitrogens is 1. The van der Waals surface area contributed by atoms with Crippen LogP contribution in [0.25, 0.3) is 0 Å². The summed E-state index contributed by atoms with van der Waals surface area (Å²) in [5, 5.41) is 8.39. The normalized spacial score (nSPS) is 7.64. The van der Waals surface area contributed by atoms with Crippen molar-refractivity contribution in [3.8, 4) is 0 Å². The average Bonchev–Trinajstić information content (AvgIpc) is 1.30. The van der Waals surface area contributed by atoms with Crippen molar-refractivity contribution in [2.24, 2.45) is 0 Å². The van der Waals surface area contributed by atoms with Gasteiger partial charge in [-0.25, -0.2) is 0 Å². The summed E-state index contributed by atoms with van der Waals surface area (Å²) >= 11 is 0. The summed E-state index contributed by atoms with van der Waals surface area (Å²) in [6.07, 6.45) is 0. The summed E-state index contributed by atoms with van der Waals surface area (Å²) < 4.78 is 0.844. The Morgan fingerprint density at radius 1 is 1.00 bits per heavy atom. The lowest BCUT2D eigenvalue weighted by Gasteiger charge is -2.21. The monoisotopic (exact) mass is 193 g/mol. The molecule has 0 atom stereocenters. The Hall–Kier alpha value is 0.0900. The topological polar surface area (TPSA) is 115 Å². The Balaban J connectivity index is -0.0000000300. The quantitative estimate of drug-likeness (QED) is 0.433. The smallest absolute Gasteiger partial charge is 0.101 e. The molecule has 7 N–H and O–H groups in total. The number of aliphatic hydroxyl groups is 1. The van der Waals surface area contributed by atoms with Crippen LogP contribution in [0.5, 0.6) is 0 Å². The molecule has 0 aliphatic heterocycles. The zero-order chi connectivity index (χ0) is 5.91. The maximum atomic E-state index is 8.39. The highest BCUT2D eigenvalue weighted by molar-refractivity contribution is 4.19. The molecule has 0 spiro atoms. The number of hydrogen-bond donors (Lipinski definition) is 1. The van der Waals surface area contributed by atoms with Crippen molar-refractivity contribution in [3.63, 3.8) is 0 Å². The van der Waals surface area contributed by atoms with Gasteiger partial charge in [-0.05, 0) is 0 Å². The fourth-order valence-corrected chi connectivity index (χ4v) is 0.300. The molecule has 0 heterocycles. The van der Waals surface area contributed by atoms with E-state index in [4.69, 9.17) is 5.11 Å². The van der Waals surface area contributed by atoms with Crippen LogP contribution in [0.4, 0.5) is 0 Å². The lowest BCUT2D eigenvalue weighted by atomic mass is 10.5. The molecular weight excluding hydrogens is 174 g/mol. The van der Waals surface area contributed by atoms with Gasteiger partial charge in [0, 0.05) is 0 Å². The number of likely N-dealkylation sites (N-methyl/N-ethyl adjacent to an activating group) is 1. The van der Waals surface area contributed by atoms with Crippen molar-refractivity contribution in [2.75, 3.05) is 34.3 Å². The predicted octanol–water partition coefficient (Wildman–Crippen LogP) is -5.79. The van der Waals surface area contributed by atoms with Crippen molar-refractivity contribution in [2.45, 2.75) is 0 Å². The van der Waals surface area contributed by atoms with Crippen molar-refractivity contribution >= 4 is 0 Å². The largest absolute Gasteiger partial charge is 1.00 e. The second-order valence-corrected chi connectivity index (χ2v) is 2.74. The first-order chi connectivity index (χ1) is 3.06. The van der Waals surface area contributed by atoms with Crippen LogP contribution >= 0.6 is 0 Å². The highest BCUT2D eigenvalue weighted by atomic mass is 35.5. The van der Waals surface area contributed by atoms with E-state index in [-0.39, 0.29) is 35.4 Å². The van der Waals surface area contributed by atoms with Crippen LogP contribution in [0.2, 0.25) is 0 Å². The zero-order valence-corrected chi connectivity index (χ0v) is 7.94. The van der Waals surface area contributed by atoms with Crippen LogP contribution < -0.4 is 12.4 Å². The van der Waals surface area contributed by atoms with Gasteiger partial charge in [0.1, 0.15) is 6.54 Å². The molecule has 0 amide bonds. The SMILES string of the molecule is C[N+](C)(C)CCO.O.O.O.[Cl-]. The molecule has 0 bridgehead atoms. The van der Waals surface area contributed by atoms with E-state index in [1.165, 1.54) is 0 Å². The molecule has 0 unspecified atom stereocenters. The van der Waals surface area contributed by atoms with E-state index in [1.807, 2.05) is 0 Å². The molecule has 0 rings (SSSR count). The highest BCUT2D eigenvalue weighted by Crippen LogP contribution is 1.84. The number of hydrogen-bond acceptors (Lipinski definition) is 1. The first-order valence-corrected chi connectivity index (χ1v) is 2.47. The fraction of sp³-hybridized carbons (Fsp3) is 1.00. The Bertz CT molecular complexity index is 56.9. The fourth-order valence-electron chi connectivity index (χ4n) is 0.300. The van der Waals surface area contributed by atoms with Gasteiger partial charge in [-0.1, -0.05) is 0 Å². The summed E-state index contributed by atoms with van der Waals surface area (Å²) in [5.74, 6) is 0. The van der Waals surface area contributed by atoms with E-state index < -0.39 is 0 Å². The molecule has 0 aromatic heterocycles. The van der Waals surface area contributed by atoms with Gasteiger partial charge in [-0.2, -0.15) is 0 Å². The summed E-state index contributed by atoms with van der Waals surface area (Å²) in [7, 11) is 6.16. The minimum atomic E-state index is 0. The van der Waals surface area contributed by atoms with E-state index in [2.05, 4.69) is 21.1 Å². The molecular formula is C5H20ClNO4. The van der Waals surface area contributed by atoms with Crippen LogP contribution in [0, 0.1) is 0 Å². The molecule has 11 heavy (non-hydrogen) atoms. The zero-order valence-electron chi connectivity index (χ0n) is 7.19. The molecule has 0 saturated carbocycles. The summed E-state index contributed by atoms with van der Waals surface area (Å²) in [6, 6.07) is 0. The number of halogens is 1. The molecule has 0 fully saturated rings. The second kappa shape index (κ2) is 12.7. The highest BCUT2D eigenvalue weighted by Gasteiger charge is 2.02. The average molecular weight is 194 g/mol. The maximum absolute atomic E-state index is 8.39. The number of rotatable bonds is 2. The molecule has 5 nitrogen and oxygen atoms in total. The van der Waals surface area contributed by atoms with Crippen LogP contribution in [-0.4, -0.2) is 60.3 Å². The molecule has 0 aliphatic carbocycles. The van der Waals surface area contributed by atoms with Gasteiger partial charge in [-0.3, -0.25) is 0 Å². The molecule has 0 radical (unpaired) electrons. The maximum Gasteiger partial charge on any atom is 0.101 e. The third kappa shape index (κ3) is 39.5. The Labute approximate surface area is 73.6 Å². The number of nitrogens with zero attached hydrogens (tertiary/aromatic N) is 1. The summed E-state index contributed by atoms with van der Waals surface area (Å²) in [6.45, 7) is 1.11. The predicted molar refractivity (Wildman–Crippen MR) is 40.8 cm³/mol. The van der Waals surface area contributed by atoms with Gasteiger partial charge in [0.2, 0.25) is 0 Å². The minimum absolute atomic E-state index is 0. The molecule has 6 heteroatoms. The van der Waals surface area contributed by atoms with Crippen LogP contribution in [0.1, 0.15) is 0 Å². The Morgan fingerprint density at radius 3 is 1.27 bits per heavy atom. The van der Waals surface area contributed by atoms with Gasteiger partial charge in [-0.15, -0.1) is 0 Å². The van der Waals surface area contributed by atoms with Crippen molar-refractivity contribution in [1.82, 2.24) is 0 Å². The van der Waals surface area contributed by atoms with Gasteiger partial charge in [0.15, 0.2) is 0 Å². The molecule has 0 saturated heterocycles. The minimum Gasteiger partial charge on any atom is -1.00 e. The van der Waals surface area contributed by atoms with Crippen LogP contribution in [0.3, 0.4) is 0 Å². The molecule has 0 aliphatic rings. The van der Waals surface area contributed by atoms with Gasteiger partial charge >= 0.3 is 0 Å². The van der Waals surface area contributed by atoms with Crippen LogP contribution in [0.15, 0.2) is 0 Å². The summed E-state index contributed by atoms with van der Waals surface area (Å²) in [5.41, 5.74) is 0. The van der Waals surface area contributed by atoms with Crippen molar-refractivity contribution in [1.29, 1.82) is 0 Å². The van der Waals surface area contributed by atoms with Gasteiger partial charge in [0.25, 0.3) is 0 Å². The van der Waals surface area contributed by atoms with E-state index >= 15 is 0 Å². The lowest BCUT2D eigenvalue weighted by molar-refractivity contribution is -0.870. The van der Waals surface area contributed by atoms with Crippen molar-refractivity contribution < 1.29 is 38.4 Å². The first kappa shape index (κ1) is 30.4. The molecule has 0 aromatic rings. The third-order valence-electron chi connectivity index (χ3n) is 0.771. The van der Waals surface area contributed by atoms with Gasteiger partial charge < -0.3 is 38.4 Å². The standard InChI is InChI=1S/C5H14NO.ClH.3H2O/c1-6(2,3)4-5-7;;;;/h7H,4-5H2,1-3H3;1H;3*1H2/q+1;;;;/p-1. The summed E-state index contributed by atoms with van der Waals surface area (Å²) in [4.78, 5) is 0. The molecule has 76 valence electrons. The van der Waals surface area contributed by atoms with E-state index in [1.54, 1.807) is 0 Å². The van der Waals surface area contributed by atoms with Gasteiger partial charge in [0.05, 0.1) is 27.7 Å². The van der Waals surface area contributed by atoms with Crippen molar-refractivity contribution in [3.05, 3.63) is 0 Å². The second-order valence-electron chi connectivity index (χ2n) is 2.74. The number of aliphatic hydroxyl groups excluding tert-OH is 1. The Kier molecular flexibility index (Phi) is 35.3. The Morgan fingerprint density at radius 2 is 1.27 bits per heavy atom. The van der Waals surface area contributed by atoms with E-state index in [0.717, 1.165) is 11.0 Å². The van der Waals surface area contributed by atoms with E-state index in [9.17, 15) is 0 Å². The third-order valence-corrected chi connectivity index (χ3v) is 0.771. The van der Waals surface area contributed by atoms with Crippen LogP contribution in [-0.2, 0) is 0 Å². The molecule has 0 aromatic carbocycles.